The van der Waals surface area contributed by atoms with Crippen molar-refractivity contribution in [2.45, 2.75) is 52.0 Å². The second-order valence-corrected chi connectivity index (χ2v) is 5.97. The molecule has 1 atom stereocenters. The summed E-state index contributed by atoms with van der Waals surface area (Å²) in [7, 11) is 0. The van der Waals surface area contributed by atoms with Crippen molar-refractivity contribution in [1.29, 1.82) is 0 Å². The van der Waals surface area contributed by atoms with Crippen LogP contribution in [0.3, 0.4) is 0 Å². The van der Waals surface area contributed by atoms with Gasteiger partial charge in [0, 0.05) is 18.5 Å². The Hall–Kier alpha value is -1.85. The lowest BCUT2D eigenvalue weighted by Crippen LogP contribution is -2.39. The molecule has 1 heterocycles. The van der Waals surface area contributed by atoms with Gasteiger partial charge in [-0.1, -0.05) is 20.8 Å². The number of hydrogen-bond acceptors (Lipinski definition) is 5. The van der Waals surface area contributed by atoms with Gasteiger partial charge in [-0.2, -0.15) is 0 Å². The van der Waals surface area contributed by atoms with E-state index in [0.29, 0.717) is 11.7 Å². The van der Waals surface area contributed by atoms with E-state index in [9.17, 15) is 4.79 Å². The maximum Gasteiger partial charge on any atom is 0.240 e. The minimum absolute atomic E-state index is 0.105. The largest absolute Gasteiger partial charge is 0.370 e. The van der Waals surface area contributed by atoms with Crippen LogP contribution >= 0.6 is 0 Å². The monoisotopic (exact) mass is 291 g/mol. The molecule has 1 unspecified atom stereocenters. The van der Waals surface area contributed by atoms with Gasteiger partial charge in [0.05, 0.1) is 0 Å². The number of carbonyl (C=O) groups excluding carboxylic acids is 1. The summed E-state index contributed by atoms with van der Waals surface area (Å²) in [6, 6.07) is 1.42. The summed E-state index contributed by atoms with van der Waals surface area (Å²) in [6.45, 7) is 6.89. The smallest absolute Gasteiger partial charge is 0.240 e. The molecule has 0 radical (unpaired) electrons. The van der Waals surface area contributed by atoms with E-state index in [4.69, 9.17) is 5.73 Å². The van der Waals surface area contributed by atoms with Gasteiger partial charge in [-0.15, -0.1) is 0 Å². The number of nitrogens with one attached hydrogen (secondary N) is 2. The van der Waals surface area contributed by atoms with E-state index in [1.807, 2.05) is 19.9 Å². The predicted octanol–water partition coefficient (Wildman–Crippen LogP) is 2.10. The van der Waals surface area contributed by atoms with Crippen LogP contribution in [0.25, 0.3) is 0 Å². The zero-order valence-corrected chi connectivity index (χ0v) is 13.0. The average Bonchev–Trinajstić information content (AvgIpc) is 3.26. The Bertz CT molecular complexity index is 499. The van der Waals surface area contributed by atoms with Gasteiger partial charge in [0.25, 0.3) is 0 Å². The molecular formula is C15H25N5O. The molecule has 1 saturated carbocycles. The molecule has 1 aliphatic rings. The number of carbonyl (C=O) groups is 1. The maximum atomic E-state index is 11.5. The first-order valence-electron chi connectivity index (χ1n) is 7.70. The molecule has 0 spiro atoms. The molecule has 0 saturated heterocycles. The van der Waals surface area contributed by atoms with Gasteiger partial charge in [-0.05, 0) is 25.2 Å². The maximum absolute atomic E-state index is 11.5. The standard InChI is InChI=1S/C15H25N5O/c1-4-7-17-11-8-12(18-13(9(2)3)14(16)21)20-15(19-11)10-5-6-10/h8-10,13H,4-7H2,1-3H3,(H2,16,21)(H2,17,18,19,20). The Kier molecular flexibility index (Phi) is 4.98. The molecule has 0 aromatic carbocycles. The molecular weight excluding hydrogens is 266 g/mol. The lowest BCUT2D eigenvalue weighted by Gasteiger charge is -2.20. The third kappa shape index (κ3) is 4.31. The summed E-state index contributed by atoms with van der Waals surface area (Å²) in [6.07, 6.45) is 3.31. The first-order valence-corrected chi connectivity index (χ1v) is 7.70. The van der Waals surface area contributed by atoms with Crippen LogP contribution in [0.5, 0.6) is 0 Å². The number of primary amides is 1. The molecule has 0 bridgehead atoms. The topological polar surface area (TPSA) is 92.9 Å². The van der Waals surface area contributed by atoms with Gasteiger partial charge in [-0.25, -0.2) is 9.97 Å². The van der Waals surface area contributed by atoms with Crippen molar-refractivity contribution in [2.75, 3.05) is 17.2 Å². The lowest BCUT2D eigenvalue weighted by atomic mass is 10.0. The molecule has 1 aliphatic carbocycles. The fraction of sp³-hybridized carbons (Fsp3) is 0.667. The second-order valence-electron chi connectivity index (χ2n) is 5.97. The van der Waals surface area contributed by atoms with Gasteiger partial charge in [0.2, 0.25) is 5.91 Å². The molecule has 1 fully saturated rings. The Morgan fingerprint density at radius 3 is 2.57 bits per heavy atom. The Balaban J connectivity index is 2.20. The first-order chi connectivity index (χ1) is 10.0. The zero-order chi connectivity index (χ0) is 15.4. The minimum Gasteiger partial charge on any atom is -0.370 e. The Morgan fingerprint density at radius 2 is 2.05 bits per heavy atom. The fourth-order valence-electron chi connectivity index (χ4n) is 2.13. The van der Waals surface area contributed by atoms with E-state index in [0.717, 1.165) is 37.4 Å². The predicted molar refractivity (Wildman–Crippen MR) is 84.2 cm³/mol. The van der Waals surface area contributed by atoms with Crippen LogP contribution in [0.2, 0.25) is 0 Å². The molecule has 1 amide bonds. The fourth-order valence-corrected chi connectivity index (χ4v) is 2.13. The van der Waals surface area contributed by atoms with Gasteiger partial charge in [0.15, 0.2) is 0 Å². The molecule has 21 heavy (non-hydrogen) atoms. The summed E-state index contributed by atoms with van der Waals surface area (Å²) < 4.78 is 0. The molecule has 1 aromatic rings. The van der Waals surface area contributed by atoms with Gasteiger partial charge in [-0.3, -0.25) is 4.79 Å². The van der Waals surface area contributed by atoms with Crippen LogP contribution in [-0.2, 0) is 4.79 Å². The summed E-state index contributed by atoms with van der Waals surface area (Å²) >= 11 is 0. The normalized spacial score (nSPS) is 15.8. The van der Waals surface area contributed by atoms with Crippen LogP contribution in [0.1, 0.15) is 51.8 Å². The van der Waals surface area contributed by atoms with Crippen molar-refractivity contribution < 1.29 is 4.79 Å². The number of anilines is 2. The molecule has 4 N–H and O–H groups in total. The van der Waals surface area contributed by atoms with Crippen molar-refractivity contribution in [3.63, 3.8) is 0 Å². The minimum atomic E-state index is -0.425. The van der Waals surface area contributed by atoms with E-state index in [2.05, 4.69) is 27.5 Å². The Labute approximate surface area is 125 Å². The number of amides is 1. The molecule has 6 heteroatoms. The van der Waals surface area contributed by atoms with Crippen LogP contribution in [0.15, 0.2) is 6.07 Å². The summed E-state index contributed by atoms with van der Waals surface area (Å²) in [4.78, 5) is 20.6. The van der Waals surface area contributed by atoms with E-state index >= 15 is 0 Å². The van der Waals surface area contributed by atoms with Crippen molar-refractivity contribution in [2.24, 2.45) is 11.7 Å². The quantitative estimate of drug-likeness (QED) is 0.682. The SMILES string of the molecule is CCCNc1cc(NC(C(N)=O)C(C)C)nc(C2CC2)n1. The zero-order valence-electron chi connectivity index (χ0n) is 13.0. The van der Waals surface area contributed by atoms with Crippen LogP contribution in [-0.4, -0.2) is 28.5 Å². The summed E-state index contributed by atoms with van der Waals surface area (Å²) in [5.74, 6) is 2.53. The average molecular weight is 291 g/mol. The summed E-state index contributed by atoms with van der Waals surface area (Å²) in [5.41, 5.74) is 5.45. The summed E-state index contributed by atoms with van der Waals surface area (Å²) in [5, 5.41) is 6.43. The lowest BCUT2D eigenvalue weighted by molar-refractivity contribution is -0.119. The Morgan fingerprint density at radius 1 is 1.38 bits per heavy atom. The molecule has 1 aromatic heterocycles. The highest BCUT2D eigenvalue weighted by Crippen LogP contribution is 2.38. The van der Waals surface area contributed by atoms with Gasteiger partial charge in [0.1, 0.15) is 23.5 Å². The van der Waals surface area contributed by atoms with Crippen molar-refractivity contribution >= 4 is 17.5 Å². The number of hydrogen-bond donors (Lipinski definition) is 3. The van der Waals surface area contributed by atoms with Crippen LogP contribution in [0, 0.1) is 5.92 Å². The highest BCUT2D eigenvalue weighted by Gasteiger charge is 2.28. The second kappa shape index (κ2) is 6.74. The van der Waals surface area contributed by atoms with Gasteiger partial charge >= 0.3 is 0 Å². The highest BCUT2D eigenvalue weighted by atomic mass is 16.1. The van der Waals surface area contributed by atoms with Crippen molar-refractivity contribution in [1.82, 2.24) is 9.97 Å². The first kappa shape index (κ1) is 15.5. The number of rotatable bonds is 8. The third-order valence-corrected chi connectivity index (χ3v) is 3.52. The van der Waals surface area contributed by atoms with Crippen molar-refractivity contribution in [3.05, 3.63) is 11.9 Å². The van der Waals surface area contributed by atoms with E-state index in [1.54, 1.807) is 0 Å². The highest BCUT2D eigenvalue weighted by molar-refractivity contribution is 5.83. The van der Waals surface area contributed by atoms with Gasteiger partial charge < -0.3 is 16.4 Å². The van der Waals surface area contributed by atoms with Crippen LogP contribution in [0.4, 0.5) is 11.6 Å². The van der Waals surface area contributed by atoms with E-state index in [1.165, 1.54) is 0 Å². The number of nitrogens with zero attached hydrogens (tertiary/aromatic N) is 2. The van der Waals surface area contributed by atoms with E-state index < -0.39 is 6.04 Å². The molecule has 0 aliphatic heterocycles. The van der Waals surface area contributed by atoms with Crippen LogP contribution < -0.4 is 16.4 Å². The molecule has 116 valence electrons. The number of nitrogens with two attached hydrogens (primary N) is 1. The van der Waals surface area contributed by atoms with E-state index in [-0.39, 0.29) is 11.8 Å². The molecule has 2 rings (SSSR count). The van der Waals surface area contributed by atoms with Crippen molar-refractivity contribution in [3.8, 4) is 0 Å². The number of aromatic nitrogens is 2. The third-order valence-electron chi connectivity index (χ3n) is 3.52. The molecule has 6 nitrogen and oxygen atoms in total.